The van der Waals surface area contributed by atoms with Crippen LogP contribution in [0.4, 0.5) is 0 Å². The Labute approximate surface area is 103 Å². The molecule has 0 fully saturated rings. The summed E-state index contributed by atoms with van der Waals surface area (Å²) in [6, 6.07) is 2.58. The first-order chi connectivity index (χ1) is 8.20. The second-order valence-electron chi connectivity index (χ2n) is 2.74. The summed E-state index contributed by atoms with van der Waals surface area (Å²) in [7, 11) is -10.9. The summed E-state index contributed by atoms with van der Waals surface area (Å²) in [6.45, 7) is 0. The molecule has 0 radical (unpaired) electrons. The minimum atomic E-state index is -4.76. The van der Waals surface area contributed by atoms with Crippen LogP contribution in [0.25, 0.3) is 0 Å². The zero-order valence-corrected chi connectivity index (χ0v) is 10.9. The Kier molecular flexibility index (Phi) is 4.69. The molecule has 0 bridgehead atoms. The summed E-state index contributed by atoms with van der Waals surface area (Å²) in [5, 5.41) is 0. The molecule has 0 aromatic heterocycles. The monoisotopic (exact) mass is 316 g/mol. The van der Waals surface area contributed by atoms with Crippen LogP contribution in [0.15, 0.2) is 23.1 Å². The molecular weight excluding hydrogens is 310 g/mol. The maximum absolute atomic E-state index is 11.0. The van der Waals surface area contributed by atoms with Gasteiger partial charge in [0, 0.05) is 15.2 Å². The summed E-state index contributed by atoms with van der Waals surface area (Å²) >= 11 is 0. The quantitative estimate of drug-likeness (QED) is 0.534. The molecule has 1 aromatic rings. The molecule has 1 rings (SSSR count). The lowest BCUT2D eigenvalue weighted by atomic mass is 10.3. The van der Waals surface area contributed by atoms with Crippen molar-refractivity contribution in [2.24, 2.45) is 0 Å². The Hall–Kier alpha value is -1.15. The van der Waals surface area contributed by atoms with Crippen molar-refractivity contribution in [2.45, 2.75) is 4.90 Å². The van der Waals surface area contributed by atoms with Gasteiger partial charge in [0.25, 0.3) is 10.1 Å². The number of hydrogen-bond acceptors (Lipinski definition) is 6. The van der Waals surface area contributed by atoms with Crippen LogP contribution in [0.1, 0.15) is 0 Å². The zero-order valence-electron chi connectivity index (χ0n) is 8.33. The van der Waals surface area contributed by atoms with Gasteiger partial charge in [-0.15, -0.1) is 9.79 Å². The average Bonchev–Trinajstić information content (AvgIpc) is 2.17. The maximum Gasteiger partial charge on any atom is 0.747 e. The summed E-state index contributed by atoms with van der Waals surface area (Å²) in [4.78, 5) is 16.1. The van der Waals surface area contributed by atoms with Gasteiger partial charge in [0.15, 0.2) is 5.75 Å². The molecule has 0 heterocycles. The molecule has 2 unspecified atom stereocenters. The smallest absolute Gasteiger partial charge is 0.282 e. The number of hydrogen-bond donors (Lipinski definition) is 3. The van der Waals surface area contributed by atoms with Gasteiger partial charge in [-0.05, 0) is 12.1 Å². The van der Waals surface area contributed by atoms with Gasteiger partial charge < -0.3 is 0 Å². The van der Waals surface area contributed by atoms with Crippen molar-refractivity contribution in [3.05, 3.63) is 18.2 Å². The van der Waals surface area contributed by atoms with Crippen molar-refractivity contribution in [2.75, 3.05) is 0 Å². The molecule has 9 nitrogen and oxygen atoms in total. The standard InChI is InChI=1S/C6H4O9P2S/c7-16(8)14-4-1-2-5(15-17(9)10)6(3-4)18(11,12)13/h1-3H,(H-2,7,8,9,10,11,12,13)/p+2. The minimum absolute atomic E-state index is 0.341. The van der Waals surface area contributed by atoms with Gasteiger partial charge in [-0.3, -0.25) is 4.55 Å². The number of benzene rings is 1. The van der Waals surface area contributed by atoms with Crippen LogP contribution in [-0.4, -0.2) is 22.8 Å². The second kappa shape index (κ2) is 5.66. The van der Waals surface area contributed by atoms with E-state index in [1.54, 1.807) is 0 Å². The van der Waals surface area contributed by atoms with E-state index in [2.05, 4.69) is 9.05 Å². The van der Waals surface area contributed by atoms with E-state index in [1.165, 1.54) is 0 Å². The molecular formula is C6H6O9P2S+2. The van der Waals surface area contributed by atoms with Crippen molar-refractivity contribution in [1.29, 1.82) is 0 Å². The Bertz CT molecular complexity index is 595. The summed E-state index contributed by atoms with van der Waals surface area (Å²) < 4.78 is 60.2. The highest BCUT2D eigenvalue weighted by molar-refractivity contribution is 7.86. The van der Waals surface area contributed by atoms with Crippen LogP contribution in [0.2, 0.25) is 0 Å². The van der Waals surface area contributed by atoms with E-state index in [9.17, 15) is 17.5 Å². The summed E-state index contributed by atoms with van der Waals surface area (Å²) in [6.07, 6.45) is 0. The lowest BCUT2D eigenvalue weighted by Gasteiger charge is -2.01. The summed E-state index contributed by atoms with van der Waals surface area (Å²) in [5.74, 6) is -0.937. The van der Waals surface area contributed by atoms with Crippen molar-refractivity contribution in [3.8, 4) is 11.5 Å². The third-order valence-corrected chi connectivity index (χ3v) is 3.15. The molecule has 18 heavy (non-hydrogen) atoms. The third-order valence-electron chi connectivity index (χ3n) is 1.55. The van der Waals surface area contributed by atoms with Gasteiger partial charge >= 0.3 is 16.5 Å². The Morgan fingerprint density at radius 3 is 2.06 bits per heavy atom. The normalized spacial score (nSPS) is 12.8. The van der Waals surface area contributed by atoms with Crippen molar-refractivity contribution >= 4 is 26.6 Å². The van der Waals surface area contributed by atoms with E-state index in [4.69, 9.17) is 14.3 Å². The Morgan fingerprint density at radius 2 is 1.61 bits per heavy atom. The van der Waals surface area contributed by atoms with Crippen LogP contribution in [0.5, 0.6) is 11.5 Å². The number of rotatable bonds is 5. The van der Waals surface area contributed by atoms with E-state index >= 15 is 0 Å². The van der Waals surface area contributed by atoms with E-state index in [0.29, 0.717) is 6.07 Å². The van der Waals surface area contributed by atoms with Crippen molar-refractivity contribution in [1.82, 2.24) is 0 Å². The van der Waals surface area contributed by atoms with Gasteiger partial charge in [-0.2, -0.15) is 8.42 Å². The predicted molar refractivity (Wildman–Crippen MR) is 57.2 cm³/mol. The Morgan fingerprint density at radius 1 is 1.06 bits per heavy atom. The van der Waals surface area contributed by atoms with E-state index in [-0.39, 0.29) is 5.75 Å². The fraction of sp³-hybridized carbons (Fsp3) is 0. The first kappa shape index (κ1) is 14.9. The topological polar surface area (TPSA) is 147 Å². The first-order valence-electron chi connectivity index (χ1n) is 4.00. The second-order valence-corrected chi connectivity index (χ2v) is 5.45. The average molecular weight is 316 g/mol. The SMILES string of the molecule is O=[P+](O)Oc1ccc(O[P+](=O)O)c(S(=O)(=O)O)c1. The maximum atomic E-state index is 11.0. The van der Waals surface area contributed by atoms with Crippen molar-refractivity contribution in [3.63, 3.8) is 0 Å². The van der Waals surface area contributed by atoms with Crippen molar-refractivity contribution < 1.29 is 40.9 Å². The molecule has 0 amide bonds. The molecule has 12 heteroatoms. The molecule has 3 N–H and O–H groups in total. The third kappa shape index (κ3) is 4.26. The highest BCUT2D eigenvalue weighted by Gasteiger charge is 2.27. The highest BCUT2D eigenvalue weighted by Crippen LogP contribution is 2.34. The van der Waals surface area contributed by atoms with Gasteiger partial charge in [0.2, 0.25) is 5.75 Å². The highest BCUT2D eigenvalue weighted by atomic mass is 32.2. The minimum Gasteiger partial charge on any atom is -0.282 e. The molecule has 0 aliphatic heterocycles. The largest absolute Gasteiger partial charge is 0.747 e. The molecule has 0 saturated carbocycles. The van der Waals surface area contributed by atoms with Gasteiger partial charge in [-0.1, -0.05) is 0 Å². The van der Waals surface area contributed by atoms with Crippen LogP contribution in [0.3, 0.4) is 0 Å². The Balaban J connectivity index is 3.29. The van der Waals surface area contributed by atoms with Crippen LogP contribution in [-0.2, 0) is 19.2 Å². The molecule has 0 aliphatic carbocycles. The zero-order chi connectivity index (χ0) is 13.9. The lowest BCUT2D eigenvalue weighted by molar-refractivity contribution is 0.398. The van der Waals surface area contributed by atoms with E-state index in [1.807, 2.05) is 0 Å². The molecule has 1 aromatic carbocycles. The lowest BCUT2D eigenvalue weighted by Crippen LogP contribution is -2.01. The van der Waals surface area contributed by atoms with Crippen LogP contribution < -0.4 is 9.05 Å². The molecule has 0 spiro atoms. The van der Waals surface area contributed by atoms with Crippen LogP contribution >= 0.6 is 16.5 Å². The van der Waals surface area contributed by atoms with E-state index in [0.717, 1.165) is 12.1 Å². The predicted octanol–water partition coefficient (Wildman–Crippen LogP) is 0.990. The molecule has 2 atom stereocenters. The van der Waals surface area contributed by atoms with Gasteiger partial charge in [0.1, 0.15) is 4.90 Å². The van der Waals surface area contributed by atoms with Gasteiger partial charge in [-0.25, -0.2) is 9.05 Å². The molecule has 98 valence electrons. The molecule has 0 saturated heterocycles. The molecule has 0 aliphatic rings. The van der Waals surface area contributed by atoms with Crippen LogP contribution in [0, 0.1) is 0 Å². The first-order valence-corrected chi connectivity index (χ1v) is 7.70. The summed E-state index contributed by atoms with van der Waals surface area (Å²) in [5.41, 5.74) is 0. The fourth-order valence-corrected chi connectivity index (χ4v) is 2.31. The van der Waals surface area contributed by atoms with E-state index < -0.39 is 37.3 Å². The van der Waals surface area contributed by atoms with Gasteiger partial charge in [0.05, 0.1) is 0 Å². The fourth-order valence-electron chi connectivity index (χ4n) is 0.996.